The number of hydrogen-bond acceptors (Lipinski definition) is 9. The lowest BCUT2D eigenvalue weighted by Crippen LogP contribution is -2.49. The molecule has 2 fully saturated rings. The quantitative estimate of drug-likeness (QED) is 0.536. The summed E-state index contributed by atoms with van der Waals surface area (Å²) >= 11 is 0. The molecule has 2 saturated heterocycles. The van der Waals surface area contributed by atoms with Crippen molar-refractivity contribution < 1.29 is 31.7 Å². The zero-order valence-corrected chi connectivity index (χ0v) is 19.5. The van der Waals surface area contributed by atoms with Gasteiger partial charge in [-0.2, -0.15) is 8.42 Å². The highest BCUT2D eigenvalue weighted by Crippen LogP contribution is 2.24. The summed E-state index contributed by atoms with van der Waals surface area (Å²) < 4.78 is 37.6. The summed E-state index contributed by atoms with van der Waals surface area (Å²) in [5.74, 6) is 0.727. The number of aromatic nitrogens is 1. The number of piperazine rings is 1. The van der Waals surface area contributed by atoms with E-state index in [0.717, 1.165) is 17.6 Å². The molecular weight excluding hydrogens is 464 g/mol. The third-order valence-corrected chi connectivity index (χ3v) is 6.02. The number of rotatable bonds is 7. The first-order valence-corrected chi connectivity index (χ1v) is 12.6. The summed E-state index contributed by atoms with van der Waals surface area (Å²) in [7, 11) is -3.61. The number of benzene rings is 1. The van der Waals surface area contributed by atoms with Gasteiger partial charge in [-0.15, -0.1) is 0 Å². The molecule has 0 saturated carbocycles. The molecule has 3 heterocycles. The molecule has 2 aromatic rings. The molecule has 1 atom stereocenters. The van der Waals surface area contributed by atoms with Gasteiger partial charge in [0.15, 0.2) is 0 Å². The fourth-order valence-corrected chi connectivity index (χ4v) is 4.07. The molecule has 2 amide bonds. The maximum absolute atomic E-state index is 12.3. The van der Waals surface area contributed by atoms with E-state index in [9.17, 15) is 18.0 Å². The number of carbonyl (C=O) groups excluding carboxylic acids is 2. The van der Waals surface area contributed by atoms with E-state index in [1.165, 1.54) is 4.90 Å². The van der Waals surface area contributed by atoms with Gasteiger partial charge in [-0.25, -0.2) is 14.6 Å². The Hall–Kier alpha value is -3.38. The van der Waals surface area contributed by atoms with Crippen LogP contribution in [0.4, 0.5) is 21.1 Å². The minimum absolute atomic E-state index is 0.166. The van der Waals surface area contributed by atoms with Crippen LogP contribution < -0.4 is 9.80 Å². The minimum Gasteiger partial charge on any atom is -0.445 e. The van der Waals surface area contributed by atoms with Crippen molar-refractivity contribution in [3.63, 3.8) is 0 Å². The first-order valence-electron chi connectivity index (χ1n) is 10.8. The molecule has 0 aliphatic carbocycles. The number of hydrogen-bond donors (Lipinski definition) is 0. The molecule has 12 heteroatoms. The second kappa shape index (κ2) is 10.3. The molecule has 0 unspecified atom stereocenters. The second-order valence-electron chi connectivity index (χ2n) is 7.99. The van der Waals surface area contributed by atoms with E-state index >= 15 is 0 Å². The van der Waals surface area contributed by atoms with Crippen molar-refractivity contribution in [2.75, 3.05) is 55.4 Å². The van der Waals surface area contributed by atoms with Crippen LogP contribution in [-0.2, 0) is 30.4 Å². The Kier molecular flexibility index (Phi) is 7.17. The van der Waals surface area contributed by atoms with E-state index in [4.69, 9.17) is 13.7 Å². The molecule has 1 aromatic heterocycles. The molecular formula is C22H26N4O7S. The molecule has 182 valence electrons. The normalized spacial score (nSPS) is 18.7. The van der Waals surface area contributed by atoms with Gasteiger partial charge in [0.1, 0.15) is 25.1 Å². The van der Waals surface area contributed by atoms with E-state index in [0.29, 0.717) is 31.9 Å². The maximum Gasteiger partial charge on any atom is 0.414 e. The van der Waals surface area contributed by atoms with Gasteiger partial charge in [-0.1, -0.05) is 30.3 Å². The van der Waals surface area contributed by atoms with Crippen molar-refractivity contribution in [2.45, 2.75) is 12.7 Å². The van der Waals surface area contributed by atoms with Gasteiger partial charge in [-0.3, -0.25) is 9.08 Å². The molecule has 0 radical (unpaired) electrons. The third kappa shape index (κ3) is 6.14. The molecule has 2 aliphatic rings. The minimum atomic E-state index is -3.61. The second-order valence-corrected chi connectivity index (χ2v) is 9.64. The number of ether oxygens (including phenoxy) is 2. The van der Waals surface area contributed by atoms with Crippen LogP contribution in [-0.4, -0.2) is 82.2 Å². The van der Waals surface area contributed by atoms with Gasteiger partial charge < -0.3 is 19.3 Å². The van der Waals surface area contributed by atoms with Crippen LogP contribution in [0.3, 0.4) is 0 Å². The van der Waals surface area contributed by atoms with Gasteiger partial charge in [0.05, 0.1) is 24.7 Å². The Bertz CT molecular complexity index is 1100. The molecule has 11 nitrogen and oxygen atoms in total. The Morgan fingerprint density at radius 1 is 1.12 bits per heavy atom. The smallest absolute Gasteiger partial charge is 0.414 e. The zero-order chi connectivity index (χ0) is 24.1. The first kappa shape index (κ1) is 23.8. The third-order valence-electron chi connectivity index (χ3n) is 5.45. The van der Waals surface area contributed by atoms with Gasteiger partial charge in [0.25, 0.3) is 10.1 Å². The lowest BCUT2D eigenvalue weighted by atomic mass is 10.2. The number of nitrogens with zero attached hydrogens (tertiary/aromatic N) is 4. The summed E-state index contributed by atoms with van der Waals surface area (Å²) in [6.07, 6.45) is 0.902. The van der Waals surface area contributed by atoms with Gasteiger partial charge in [-0.05, 0) is 17.7 Å². The molecule has 34 heavy (non-hydrogen) atoms. The summed E-state index contributed by atoms with van der Waals surface area (Å²) in [6, 6.07) is 13.1. The SMILES string of the molecule is CS(=O)(=O)OC[C@H]1CN(c2ccc(N3CCN(C(=O)OCc4ccccc4)CC3)nc2)C(=O)O1. The van der Waals surface area contributed by atoms with Gasteiger partial charge in [0.2, 0.25) is 0 Å². The van der Waals surface area contributed by atoms with E-state index < -0.39 is 22.3 Å². The van der Waals surface area contributed by atoms with Crippen LogP contribution in [0.1, 0.15) is 5.56 Å². The van der Waals surface area contributed by atoms with E-state index in [1.54, 1.807) is 23.2 Å². The first-order chi connectivity index (χ1) is 16.3. The van der Waals surface area contributed by atoms with Crippen molar-refractivity contribution in [3.05, 3.63) is 54.2 Å². The molecule has 2 aliphatic heterocycles. The van der Waals surface area contributed by atoms with E-state index in [2.05, 4.69) is 9.88 Å². The topological polar surface area (TPSA) is 119 Å². The monoisotopic (exact) mass is 490 g/mol. The molecule has 4 rings (SSSR count). The summed E-state index contributed by atoms with van der Waals surface area (Å²) in [4.78, 5) is 34.1. The van der Waals surface area contributed by atoms with Crippen LogP contribution in [0.5, 0.6) is 0 Å². The van der Waals surface area contributed by atoms with Crippen molar-refractivity contribution in [1.82, 2.24) is 9.88 Å². The number of pyridine rings is 1. The maximum atomic E-state index is 12.3. The van der Waals surface area contributed by atoms with E-state index in [1.807, 2.05) is 30.3 Å². The lowest BCUT2D eigenvalue weighted by molar-refractivity contribution is 0.0941. The average Bonchev–Trinajstić information content (AvgIpc) is 3.22. The Morgan fingerprint density at radius 3 is 2.50 bits per heavy atom. The Labute approximate surface area is 197 Å². The van der Waals surface area contributed by atoms with Crippen LogP contribution in [0.25, 0.3) is 0 Å². The lowest BCUT2D eigenvalue weighted by Gasteiger charge is -2.34. The van der Waals surface area contributed by atoms with Crippen molar-refractivity contribution in [3.8, 4) is 0 Å². The molecule has 0 bridgehead atoms. The van der Waals surface area contributed by atoms with Gasteiger partial charge in [0, 0.05) is 26.2 Å². The van der Waals surface area contributed by atoms with Crippen LogP contribution in [0, 0.1) is 0 Å². The highest BCUT2D eigenvalue weighted by molar-refractivity contribution is 7.85. The fourth-order valence-electron chi connectivity index (χ4n) is 3.67. The standard InChI is InChI=1S/C22H26N4O7S/c1-34(29,30)32-16-19-14-26(22(28)33-19)18-7-8-20(23-13-18)24-9-11-25(12-10-24)21(27)31-15-17-5-3-2-4-6-17/h2-8,13,19H,9-12,14-16H2,1H3/t19-/m1/s1. The van der Waals surface area contributed by atoms with Crippen LogP contribution in [0.15, 0.2) is 48.7 Å². The fraction of sp³-hybridized carbons (Fsp3) is 0.409. The van der Waals surface area contributed by atoms with E-state index in [-0.39, 0.29) is 25.9 Å². The number of anilines is 2. The predicted octanol–water partition coefficient (Wildman–Crippen LogP) is 1.84. The largest absolute Gasteiger partial charge is 0.445 e. The summed E-state index contributed by atoms with van der Waals surface area (Å²) in [5.41, 5.74) is 1.48. The average molecular weight is 491 g/mol. The Morgan fingerprint density at radius 2 is 1.85 bits per heavy atom. The molecule has 0 spiro atoms. The zero-order valence-electron chi connectivity index (χ0n) is 18.7. The Balaban J connectivity index is 1.26. The number of cyclic esters (lactones) is 1. The number of amides is 2. The van der Waals surface area contributed by atoms with Crippen molar-refractivity contribution >= 4 is 33.8 Å². The van der Waals surface area contributed by atoms with Crippen molar-refractivity contribution in [1.29, 1.82) is 0 Å². The summed E-state index contributed by atoms with van der Waals surface area (Å²) in [5, 5.41) is 0. The van der Waals surface area contributed by atoms with Crippen LogP contribution >= 0.6 is 0 Å². The summed E-state index contributed by atoms with van der Waals surface area (Å²) in [6.45, 7) is 2.40. The highest BCUT2D eigenvalue weighted by Gasteiger charge is 2.33. The van der Waals surface area contributed by atoms with Crippen LogP contribution in [0.2, 0.25) is 0 Å². The highest BCUT2D eigenvalue weighted by atomic mass is 32.2. The molecule has 0 N–H and O–H groups in total. The van der Waals surface area contributed by atoms with Gasteiger partial charge >= 0.3 is 12.2 Å². The predicted molar refractivity (Wildman–Crippen MR) is 123 cm³/mol. The number of carbonyl (C=O) groups is 2. The van der Waals surface area contributed by atoms with Crippen molar-refractivity contribution in [2.24, 2.45) is 0 Å². The molecule has 1 aromatic carbocycles.